The van der Waals surface area contributed by atoms with Gasteiger partial charge in [0.1, 0.15) is 12.1 Å². The van der Waals surface area contributed by atoms with Gasteiger partial charge in [-0.25, -0.2) is 4.98 Å². The van der Waals surface area contributed by atoms with E-state index in [2.05, 4.69) is 20.5 Å². The molecule has 1 atom stereocenters. The number of rotatable bonds is 5. The van der Waals surface area contributed by atoms with Gasteiger partial charge in [-0.3, -0.25) is 9.36 Å². The third-order valence-corrected chi connectivity index (χ3v) is 4.80. The van der Waals surface area contributed by atoms with Gasteiger partial charge in [-0.2, -0.15) is 0 Å². The summed E-state index contributed by atoms with van der Waals surface area (Å²) in [5.74, 6) is 0.293. The molecule has 1 unspecified atom stereocenters. The highest BCUT2D eigenvalue weighted by Crippen LogP contribution is 2.25. The molecule has 2 heterocycles. The smallest absolute Gasteiger partial charge is 0.238 e. The molecule has 0 saturated carbocycles. The van der Waals surface area contributed by atoms with Crippen LogP contribution in [0.2, 0.25) is 5.02 Å². The van der Waals surface area contributed by atoms with Crippen LogP contribution in [-0.4, -0.2) is 30.9 Å². The summed E-state index contributed by atoms with van der Waals surface area (Å²) in [6.07, 6.45) is 3.14. The van der Waals surface area contributed by atoms with E-state index in [-0.39, 0.29) is 11.2 Å². The maximum absolute atomic E-state index is 12.4. The normalized spacial score (nSPS) is 12.0. The zero-order valence-corrected chi connectivity index (χ0v) is 15.3. The molecule has 0 spiro atoms. The molecule has 0 aliphatic carbocycles. The number of nitrogens with zero attached hydrogens (tertiary/aromatic N) is 4. The second kappa shape index (κ2) is 7.67. The van der Waals surface area contributed by atoms with Crippen LogP contribution in [0.25, 0.3) is 5.69 Å². The van der Waals surface area contributed by atoms with Gasteiger partial charge >= 0.3 is 0 Å². The summed E-state index contributed by atoms with van der Waals surface area (Å²) in [7, 11) is 0. The minimum Gasteiger partial charge on any atom is -0.310 e. The maximum Gasteiger partial charge on any atom is 0.238 e. The number of benzene rings is 1. The van der Waals surface area contributed by atoms with E-state index in [1.807, 2.05) is 42.7 Å². The molecule has 0 aliphatic rings. The zero-order valence-electron chi connectivity index (χ0n) is 13.7. The first-order chi connectivity index (χ1) is 12.0. The van der Waals surface area contributed by atoms with Gasteiger partial charge in [0.2, 0.25) is 5.91 Å². The molecular formula is C17H16ClN5OS. The van der Waals surface area contributed by atoms with E-state index >= 15 is 0 Å². The van der Waals surface area contributed by atoms with Crippen LogP contribution in [0.5, 0.6) is 0 Å². The Morgan fingerprint density at radius 2 is 2.08 bits per heavy atom. The first kappa shape index (κ1) is 17.4. The Hall–Kier alpha value is -2.38. The number of aromatic nitrogens is 4. The third kappa shape index (κ3) is 4.18. The zero-order chi connectivity index (χ0) is 17.8. The molecule has 8 heteroatoms. The molecule has 3 aromatic rings. The third-order valence-electron chi connectivity index (χ3n) is 3.52. The van der Waals surface area contributed by atoms with E-state index < -0.39 is 0 Å². The van der Waals surface area contributed by atoms with Crippen LogP contribution < -0.4 is 5.32 Å². The standard InChI is InChI=1S/C17H16ClN5OS/c1-11-5-3-4-6-14(11)23-10-20-22-17(23)25-12(2)16(24)21-15-8-7-13(18)9-19-15/h3-10,12H,1-2H3,(H,19,21,24). The molecule has 1 aromatic carbocycles. The molecule has 1 N–H and O–H groups in total. The van der Waals surface area contributed by atoms with Crippen molar-refractivity contribution < 1.29 is 4.79 Å². The van der Waals surface area contributed by atoms with Crippen molar-refractivity contribution in [3.05, 3.63) is 59.5 Å². The molecule has 0 radical (unpaired) electrons. The van der Waals surface area contributed by atoms with Gasteiger partial charge in [0.15, 0.2) is 5.16 Å². The second-order valence-corrected chi connectivity index (χ2v) is 7.13. The molecule has 2 aromatic heterocycles. The summed E-state index contributed by atoms with van der Waals surface area (Å²) in [5, 5.41) is 11.7. The maximum atomic E-state index is 12.4. The summed E-state index contributed by atoms with van der Waals surface area (Å²) in [6, 6.07) is 11.3. The topological polar surface area (TPSA) is 72.7 Å². The number of pyridine rings is 1. The number of hydrogen-bond acceptors (Lipinski definition) is 5. The SMILES string of the molecule is Cc1ccccc1-n1cnnc1SC(C)C(=O)Nc1ccc(Cl)cn1. The summed E-state index contributed by atoms with van der Waals surface area (Å²) >= 11 is 7.13. The van der Waals surface area contributed by atoms with Crippen LogP contribution in [0.3, 0.4) is 0 Å². The van der Waals surface area contributed by atoms with E-state index in [9.17, 15) is 4.79 Å². The van der Waals surface area contributed by atoms with E-state index in [0.29, 0.717) is 16.0 Å². The fraction of sp³-hybridized carbons (Fsp3) is 0.176. The van der Waals surface area contributed by atoms with Gasteiger partial charge in [-0.15, -0.1) is 10.2 Å². The van der Waals surface area contributed by atoms with Crippen LogP contribution in [-0.2, 0) is 4.79 Å². The van der Waals surface area contributed by atoms with Gasteiger partial charge in [0, 0.05) is 6.20 Å². The Balaban J connectivity index is 1.72. The fourth-order valence-electron chi connectivity index (χ4n) is 2.19. The van der Waals surface area contributed by atoms with Crippen LogP contribution in [0.4, 0.5) is 5.82 Å². The summed E-state index contributed by atoms with van der Waals surface area (Å²) in [5.41, 5.74) is 2.09. The first-order valence-corrected chi connectivity index (χ1v) is 8.85. The lowest BCUT2D eigenvalue weighted by molar-refractivity contribution is -0.115. The molecule has 0 aliphatic heterocycles. The number of amides is 1. The number of nitrogens with one attached hydrogen (secondary N) is 1. The lowest BCUT2D eigenvalue weighted by Crippen LogP contribution is -2.23. The molecule has 128 valence electrons. The Morgan fingerprint density at radius 3 is 2.80 bits per heavy atom. The van der Waals surface area contributed by atoms with Crippen molar-refractivity contribution in [3.63, 3.8) is 0 Å². The van der Waals surface area contributed by atoms with Gasteiger partial charge in [0.05, 0.1) is 16.0 Å². The van der Waals surface area contributed by atoms with Crippen LogP contribution >= 0.6 is 23.4 Å². The number of anilines is 1. The molecule has 1 amide bonds. The quantitative estimate of drug-likeness (QED) is 0.689. The average molecular weight is 374 g/mol. The highest BCUT2D eigenvalue weighted by Gasteiger charge is 2.19. The number of para-hydroxylation sites is 1. The van der Waals surface area contributed by atoms with Crippen molar-refractivity contribution in [3.8, 4) is 5.69 Å². The lowest BCUT2D eigenvalue weighted by atomic mass is 10.2. The summed E-state index contributed by atoms with van der Waals surface area (Å²) < 4.78 is 1.88. The first-order valence-electron chi connectivity index (χ1n) is 7.59. The number of carbonyl (C=O) groups is 1. The van der Waals surface area contributed by atoms with Gasteiger partial charge in [0.25, 0.3) is 0 Å². The van der Waals surface area contributed by atoms with E-state index in [4.69, 9.17) is 11.6 Å². The molecule has 3 rings (SSSR count). The van der Waals surface area contributed by atoms with Crippen molar-refractivity contribution in [2.75, 3.05) is 5.32 Å². The predicted octanol–water partition coefficient (Wildman–Crippen LogP) is 3.74. The predicted molar refractivity (Wildman–Crippen MR) is 99.3 cm³/mol. The Kier molecular flexibility index (Phi) is 5.35. The van der Waals surface area contributed by atoms with Crippen LogP contribution in [0.15, 0.2) is 54.1 Å². The van der Waals surface area contributed by atoms with Crippen LogP contribution in [0, 0.1) is 6.92 Å². The Bertz CT molecular complexity index is 881. The Labute approximate surface area is 154 Å². The van der Waals surface area contributed by atoms with Crippen molar-refractivity contribution >= 4 is 35.1 Å². The minimum absolute atomic E-state index is 0.167. The molecule has 0 fully saturated rings. The van der Waals surface area contributed by atoms with E-state index in [0.717, 1.165) is 11.3 Å². The van der Waals surface area contributed by atoms with Gasteiger partial charge in [-0.1, -0.05) is 41.6 Å². The number of halogens is 1. The highest BCUT2D eigenvalue weighted by molar-refractivity contribution is 8.00. The molecular weight excluding hydrogens is 358 g/mol. The number of thioether (sulfide) groups is 1. The summed E-state index contributed by atoms with van der Waals surface area (Å²) in [6.45, 7) is 3.83. The molecule has 6 nitrogen and oxygen atoms in total. The lowest BCUT2D eigenvalue weighted by Gasteiger charge is -2.13. The van der Waals surface area contributed by atoms with Crippen molar-refractivity contribution in [2.24, 2.45) is 0 Å². The average Bonchev–Trinajstić information content (AvgIpc) is 3.05. The Morgan fingerprint density at radius 1 is 1.28 bits per heavy atom. The highest BCUT2D eigenvalue weighted by atomic mass is 35.5. The molecule has 0 saturated heterocycles. The van der Waals surface area contributed by atoms with Crippen LogP contribution in [0.1, 0.15) is 12.5 Å². The van der Waals surface area contributed by atoms with Crippen molar-refractivity contribution in [2.45, 2.75) is 24.3 Å². The number of carbonyl (C=O) groups excluding carboxylic acids is 1. The van der Waals surface area contributed by atoms with Gasteiger partial charge < -0.3 is 5.32 Å². The van der Waals surface area contributed by atoms with Crippen molar-refractivity contribution in [1.82, 2.24) is 19.7 Å². The van der Waals surface area contributed by atoms with E-state index in [1.54, 1.807) is 18.5 Å². The molecule has 25 heavy (non-hydrogen) atoms. The second-order valence-electron chi connectivity index (χ2n) is 5.38. The van der Waals surface area contributed by atoms with E-state index in [1.165, 1.54) is 18.0 Å². The van der Waals surface area contributed by atoms with Gasteiger partial charge in [-0.05, 0) is 37.6 Å². The molecule has 0 bridgehead atoms. The van der Waals surface area contributed by atoms with Crippen molar-refractivity contribution in [1.29, 1.82) is 0 Å². The number of hydrogen-bond donors (Lipinski definition) is 1. The largest absolute Gasteiger partial charge is 0.310 e. The number of aryl methyl sites for hydroxylation is 1. The monoisotopic (exact) mass is 373 g/mol. The summed E-state index contributed by atoms with van der Waals surface area (Å²) in [4.78, 5) is 16.4. The fourth-order valence-corrected chi connectivity index (χ4v) is 3.14. The minimum atomic E-state index is -0.371.